The molecule has 0 radical (unpaired) electrons. The quantitative estimate of drug-likeness (QED) is 0.757. The topological polar surface area (TPSA) is 32.3 Å². The minimum Gasteiger partial charge on any atom is -0.318 e. The smallest absolute Gasteiger partial charge is 0.318 e. The Balaban J connectivity index is 1.50. The van der Waals surface area contributed by atoms with E-state index in [9.17, 15) is 4.79 Å². The number of piperidine rings is 1. The van der Waals surface area contributed by atoms with Gasteiger partial charge in [0.2, 0.25) is 0 Å². The minimum absolute atomic E-state index is 0.0948. The maximum Gasteiger partial charge on any atom is 0.322 e. The number of carbonyl (C=O) groups excluding carboxylic acids is 1. The van der Waals surface area contributed by atoms with E-state index in [2.05, 4.69) is 30.1 Å². The summed E-state index contributed by atoms with van der Waals surface area (Å²) in [5.41, 5.74) is 6.66. The van der Waals surface area contributed by atoms with Gasteiger partial charge in [0.1, 0.15) is 0 Å². The Morgan fingerprint density at radius 1 is 1.00 bits per heavy atom. The molecule has 2 heterocycles. The van der Waals surface area contributed by atoms with Crippen LogP contribution in [0.3, 0.4) is 0 Å². The van der Waals surface area contributed by atoms with E-state index in [1.807, 2.05) is 12.1 Å². The molecule has 1 aliphatic carbocycles. The van der Waals surface area contributed by atoms with E-state index in [1.54, 1.807) is 11.1 Å². The molecule has 116 valence electrons. The van der Waals surface area contributed by atoms with Crippen molar-refractivity contribution in [3.63, 3.8) is 0 Å². The molecular formula is C19H24N2O. The first-order valence-electron chi connectivity index (χ1n) is 8.47. The molecule has 2 bridgehead atoms. The Kier molecular flexibility index (Phi) is 3.24. The molecule has 1 N–H and O–H groups in total. The van der Waals surface area contributed by atoms with E-state index in [0.29, 0.717) is 12.1 Å². The lowest BCUT2D eigenvalue weighted by atomic mass is 9.96. The number of hydrogen-bond donors (Lipinski definition) is 1. The number of carbonyl (C=O) groups is 1. The molecule has 0 spiro atoms. The van der Waals surface area contributed by atoms with Crippen molar-refractivity contribution in [2.24, 2.45) is 0 Å². The van der Waals surface area contributed by atoms with E-state index in [-0.39, 0.29) is 6.03 Å². The van der Waals surface area contributed by atoms with E-state index < -0.39 is 0 Å². The van der Waals surface area contributed by atoms with Crippen LogP contribution in [0.5, 0.6) is 0 Å². The highest BCUT2D eigenvalue weighted by Crippen LogP contribution is 2.44. The summed E-state index contributed by atoms with van der Waals surface area (Å²) in [6.45, 7) is 4.14. The molecule has 1 aromatic rings. The highest BCUT2D eigenvalue weighted by Gasteiger charge is 2.42. The molecule has 3 nitrogen and oxygen atoms in total. The standard InChI is InChI=1S/C19H24N2O/c1-12-7-13(2)9-16(8-12)20-19(22)21-17-5-6-18(21)11-15(10-17)14-3-4-14/h7-9,17-18H,3-6,10-11H2,1-2H3,(H,20,22). The summed E-state index contributed by atoms with van der Waals surface area (Å²) >= 11 is 0. The van der Waals surface area contributed by atoms with Gasteiger partial charge in [0, 0.05) is 17.8 Å². The van der Waals surface area contributed by atoms with Gasteiger partial charge >= 0.3 is 6.03 Å². The first-order chi connectivity index (χ1) is 10.6. The number of benzene rings is 1. The fourth-order valence-electron chi connectivity index (χ4n) is 4.29. The van der Waals surface area contributed by atoms with Crippen LogP contribution in [0.2, 0.25) is 0 Å². The van der Waals surface area contributed by atoms with Gasteiger partial charge in [0.15, 0.2) is 0 Å². The van der Waals surface area contributed by atoms with Crippen molar-refractivity contribution in [1.82, 2.24) is 4.90 Å². The number of allylic oxidation sites excluding steroid dienone is 1. The Bertz CT molecular complexity index is 619. The van der Waals surface area contributed by atoms with Gasteiger partial charge in [0.05, 0.1) is 0 Å². The molecule has 3 fully saturated rings. The third-order valence-electron chi connectivity index (χ3n) is 5.29. The average Bonchev–Trinajstić information content (AvgIpc) is 3.23. The molecule has 22 heavy (non-hydrogen) atoms. The second kappa shape index (κ2) is 5.15. The van der Waals surface area contributed by atoms with Crippen molar-refractivity contribution in [2.75, 3.05) is 5.32 Å². The Morgan fingerprint density at radius 2 is 1.59 bits per heavy atom. The van der Waals surface area contributed by atoms with E-state index in [4.69, 9.17) is 0 Å². The molecule has 3 heteroatoms. The SMILES string of the molecule is Cc1cc(C)cc(NC(=O)N2C3CCC2CC(=C2CC2)C3)c1. The molecule has 2 atom stereocenters. The zero-order chi connectivity index (χ0) is 15.3. The van der Waals surface area contributed by atoms with Crippen LogP contribution in [-0.2, 0) is 0 Å². The summed E-state index contributed by atoms with van der Waals surface area (Å²) in [4.78, 5) is 14.9. The van der Waals surface area contributed by atoms with Gasteiger partial charge in [0.25, 0.3) is 0 Å². The van der Waals surface area contributed by atoms with Crippen LogP contribution >= 0.6 is 0 Å². The van der Waals surface area contributed by atoms with Gasteiger partial charge < -0.3 is 10.2 Å². The molecule has 3 aliphatic rings. The zero-order valence-corrected chi connectivity index (χ0v) is 13.5. The third kappa shape index (κ3) is 2.53. The number of nitrogens with zero attached hydrogens (tertiary/aromatic N) is 1. The fraction of sp³-hybridized carbons (Fsp3) is 0.526. The molecular weight excluding hydrogens is 272 g/mol. The summed E-state index contributed by atoms with van der Waals surface area (Å²) in [5, 5.41) is 3.12. The number of rotatable bonds is 1. The van der Waals surface area contributed by atoms with E-state index in [0.717, 1.165) is 18.5 Å². The molecule has 2 aliphatic heterocycles. The largest absolute Gasteiger partial charge is 0.322 e. The van der Waals surface area contributed by atoms with Crippen LogP contribution in [-0.4, -0.2) is 23.0 Å². The second-order valence-corrected chi connectivity index (χ2v) is 7.21. The number of hydrogen-bond acceptors (Lipinski definition) is 1. The van der Waals surface area contributed by atoms with Gasteiger partial charge in [-0.1, -0.05) is 17.2 Å². The van der Waals surface area contributed by atoms with Gasteiger partial charge in [-0.2, -0.15) is 0 Å². The molecule has 0 aromatic heterocycles. The van der Waals surface area contributed by atoms with Crippen LogP contribution in [0.25, 0.3) is 0 Å². The van der Waals surface area contributed by atoms with Gasteiger partial charge in [-0.15, -0.1) is 0 Å². The number of aryl methyl sites for hydroxylation is 2. The number of fused-ring (bicyclic) bond motifs is 2. The van der Waals surface area contributed by atoms with Crippen molar-refractivity contribution >= 4 is 11.7 Å². The first kappa shape index (κ1) is 13.9. The Morgan fingerprint density at radius 3 is 2.14 bits per heavy atom. The maximum absolute atomic E-state index is 12.7. The molecule has 1 saturated carbocycles. The van der Waals surface area contributed by atoms with Crippen molar-refractivity contribution in [2.45, 2.75) is 64.5 Å². The number of amides is 2. The van der Waals surface area contributed by atoms with Crippen molar-refractivity contribution in [1.29, 1.82) is 0 Å². The van der Waals surface area contributed by atoms with Crippen molar-refractivity contribution < 1.29 is 4.79 Å². The third-order valence-corrected chi connectivity index (χ3v) is 5.29. The first-order valence-corrected chi connectivity index (χ1v) is 8.47. The molecule has 2 unspecified atom stereocenters. The summed E-state index contributed by atoms with van der Waals surface area (Å²) in [5.74, 6) is 0. The Labute approximate surface area is 132 Å². The second-order valence-electron chi connectivity index (χ2n) is 7.21. The molecule has 2 amide bonds. The predicted molar refractivity (Wildman–Crippen MR) is 89.1 cm³/mol. The zero-order valence-electron chi connectivity index (χ0n) is 13.5. The molecule has 1 aromatic carbocycles. The molecule has 4 rings (SSSR count). The summed E-state index contributed by atoms with van der Waals surface area (Å²) in [6.07, 6.45) is 7.19. The Hall–Kier alpha value is -1.77. The number of urea groups is 1. The lowest BCUT2D eigenvalue weighted by Gasteiger charge is -2.36. The van der Waals surface area contributed by atoms with Crippen LogP contribution in [0.4, 0.5) is 10.5 Å². The normalized spacial score (nSPS) is 26.4. The lowest BCUT2D eigenvalue weighted by Crippen LogP contribution is -2.46. The summed E-state index contributed by atoms with van der Waals surface area (Å²) in [6, 6.07) is 7.18. The minimum atomic E-state index is 0.0948. The van der Waals surface area contributed by atoms with Crippen LogP contribution in [0, 0.1) is 13.8 Å². The van der Waals surface area contributed by atoms with Crippen molar-refractivity contribution in [3.8, 4) is 0 Å². The molecule has 2 saturated heterocycles. The monoisotopic (exact) mass is 296 g/mol. The lowest BCUT2D eigenvalue weighted by molar-refractivity contribution is 0.173. The summed E-state index contributed by atoms with van der Waals surface area (Å²) < 4.78 is 0. The van der Waals surface area contributed by atoms with E-state index >= 15 is 0 Å². The predicted octanol–water partition coefficient (Wildman–Crippen LogP) is 4.55. The summed E-state index contributed by atoms with van der Waals surface area (Å²) in [7, 11) is 0. The van der Waals surface area contributed by atoms with Crippen LogP contribution in [0.15, 0.2) is 29.3 Å². The van der Waals surface area contributed by atoms with Crippen LogP contribution in [0.1, 0.15) is 49.7 Å². The van der Waals surface area contributed by atoms with Gasteiger partial charge in [-0.3, -0.25) is 0 Å². The van der Waals surface area contributed by atoms with Crippen LogP contribution < -0.4 is 5.32 Å². The highest BCUT2D eigenvalue weighted by molar-refractivity contribution is 5.90. The fourth-order valence-corrected chi connectivity index (χ4v) is 4.29. The van der Waals surface area contributed by atoms with Gasteiger partial charge in [-0.25, -0.2) is 4.79 Å². The van der Waals surface area contributed by atoms with E-state index in [1.165, 1.54) is 36.8 Å². The number of nitrogens with one attached hydrogen (secondary N) is 1. The average molecular weight is 296 g/mol. The number of anilines is 1. The van der Waals surface area contributed by atoms with Gasteiger partial charge in [-0.05, 0) is 75.6 Å². The maximum atomic E-state index is 12.7. The highest BCUT2D eigenvalue weighted by atomic mass is 16.2. The van der Waals surface area contributed by atoms with Crippen molar-refractivity contribution in [3.05, 3.63) is 40.5 Å².